The lowest BCUT2D eigenvalue weighted by Gasteiger charge is -2.21. The predicted molar refractivity (Wildman–Crippen MR) is 107 cm³/mol. The van der Waals surface area contributed by atoms with Crippen molar-refractivity contribution in [3.8, 4) is 23.7 Å². The third-order valence-electron chi connectivity index (χ3n) is 5.70. The molecule has 1 saturated carbocycles. The molecule has 2 aromatic carbocycles. The molecule has 132 valence electrons. The van der Waals surface area contributed by atoms with Crippen molar-refractivity contribution in [3.05, 3.63) is 95.1 Å². The molecule has 2 bridgehead atoms. The van der Waals surface area contributed by atoms with E-state index < -0.39 is 0 Å². The molecule has 0 heterocycles. The molecule has 2 heteroatoms. The number of Topliss-reactive ketones (excluding diaryl/α,β-unsaturated/α-hetero) is 1. The van der Waals surface area contributed by atoms with Gasteiger partial charge in [-0.05, 0) is 30.3 Å². The van der Waals surface area contributed by atoms with Gasteiger partial charge < -0.3 is 0 Å². The summed E-state index contributed by atoms with van der Waals surface area (Å²) in [6, 6.07) is 19.4. The summed E-state index contributed by atoms with van der Waals surface area (Å²) in [5, 5.41) is 0. The van der Waals surface area contributed by atoms with Crippen molar-refractivity contribution >= 4 is 11.6 Å². The Morgan fingerprint density at radius 3 is 1.82 bits per heavy atom. The van der Waals surface area contributed by atoms with Crippen molar-refractivity contribution < 1.29 is 9.59 Å². The predicted octanol–water partition coefficient (Wildman–Crippen LogP) is 3.59. The number of rotatable bonds is 0. The molecule has 2 aromatic rings. The Bertz CT molecular complexity index is 1160. The second kappa shape index (κ2) is 6.52. The summed E-state index contributed by atoms with van der Waals surface area (Å²) in [6.07, 6.45) is 3.54. The van der Waals surface area contributed by atoms with Gasteiger partial charge in [-0.25, -0.2) is 0 Å². The molecule has 0 aliphatic heterocycles. The average molecular weight is 360 g/mol. The molecule has 0 spiro atoms. The zero-order valence-electron chi connectivity index (χ0n) is 15.1. The minimum Gasteiger partial charge on any atom is -0.298 e. The first-order chi connectivity index (χ1) is 13.7. The number of carbonyl (C=O) groups is 2. The van der Waals surface area contributed by atoms with Gasteiger partial charge in [0.15, 0.2) is 5.78 Å². The Balaban J connectivity index is 1.47. The normalized spacial score (nSPS) is 26.6. The van der Waals surface area contributed by atoms with Crippen molar-refractivity contribution in [3.63, 3.8) is 0 Å². The molecule has 28 heavy (non-hydrogen) atoms. The highest BCUT2D eigenvalue weighted by Crippen LogP contribution is 2.54. The van der Waals surface area contributed by atoms with E-state index in [9.17, 15) is 9.59 Å². The quantitative estimate of drug-likeness (QED) is 0.673. The molecule has 3 aliphatic rings. The number of hydrogen-bond donors (Lipinski definition) is 0. The Morgan fingerprint density at radius 1 is 0.643 bits per heavy atom. The van der Waals surface area contributed by atoms with E-state index in [1.54, 1.807) is 6.08 Å². The maximum atomic E-state index is 12.8. The van der Waals surface area contributed by atoms with Crippen LogP contribution in [-0.4, -0.2) is 11.6 Å². The Kier molecular flexibility index (Phi) is 3.85. The van der Waals surface area contributed by atoms with Crippen molar-refractivity contribution in [2.75, 3.05) is 0 Å². The minimum absolute atomic E-state index is 0.0227. The van der Waals surface area contributed by atoms with Gasteiger partial charge in [-0.2, -0.15) is 0 Å². The van der Waals surface area contributed by atoms with E-state index in [0.29, 0.717) is 0 Å². The van der Waals surface area contributed by atoms with Gasteiger partial charge in [-0.3, -0.25) is 9.59 Å². The summed E-state index contributed by atoms with van der Waals surface area (Å²) in [7, 11) is 0. The highest BCUT2D eigenvalue weighted by Gasteiger charge is 2.59. The van der Waals surface area contributed by atoms with Crippen LogP contribution in [0.3, 0.4) is 0 Å². The molecular formula is C26H16O2. The van der Waals surface area contributed by atoms with Crippen LogP contribution in [0.4, 0.5) is 0 Å². The fourth-order valence-electron chi connectivity index (χ4n) is 4.46. The third-order valence-corrected chi connectivity index (χ3v) is 5.70. The maximum Gasteiger partial charge on any atom is 0.161 e. The van der Waals surface area contributed by atoms with Crippen LogP contribution in [0.25, 0.3) is 0 Å². The summed E-state index contributed by atoms with van der Waals surface area (Å²) >= 11 is 0. The molecular weight excluding hydrogens is 344 g/mol. The SMILES string of the molecule is O=C1C=C(C#Cc2ccccc2)[C@H]2[C@@H]3C(=O)[C@@H](C=C3C#Cc3ccccc3)[C@@H]12. The number of carbonyl (C=O) groups excluding carboxylic acids is 2. The van der Waals surface area contributed by atoms with Gasteiger partial charge in [-0.1, -0.05) is 66.2 Å². The molecule has 0 unspecified atom stereocenters. The largest absolute Gasteiger partial charge is 0.298 e. The van der Waals surface area contributed by atoms with E-state index in [-0.39, 0.29) is 35.2 Å². The van der Waals surface area contributed by atoms with Crippen molar-refractivity contribution in [2.45, 2.75) is 0 Å². The van der Waals surface area contributed by atoms with Gasteiger partial charge >= 0.3 is 0 Å². The van der Waals surface area contributed by atoms with Crippen LogP contribution in [0, 0.1) is 47.4 Å². The van der Waals surface area contributed by atoms with Crippen molar-refractivity contribution in [2.24, 2.45) is 23.7 Å². The second-order valence-corrected chi connectivity index (χ2v) is 7.31. The topological polar surface area (TPSA) is 34.1 Å². The third kappa shape index (κ3) is 2.63. The highest BCUT2D eigenvalue weighted by molar-refractivity contribution is 6.08. The first kappa shape index (κ1) is 16.5. The molecule has 1 fully saturated rings. The Morgan fingerprint density at radius 2 is 1.21 bits per heavy atom. The number of hydrogen-bond acceptors (Lipinski definition) is 2. The zero-order valence-corrected chi connectivity index (χ0v) is 15.1. The van der Waals surface area contributed by atoms with Crippen molar-refractivity contribution in [1.82, 2.24) is 0 Å². The molecule has 3 aliphatic carbocycles. The van der Waals surface area contributed by atoms with Gasteiger partial charge in [0, 0.05) is 40.0 Å². The molecule has 0 N–H and O–H groups in total. The lowest BCUT2D eigenvalue weighted by Crippen LogP contribution is -2.23. The van der Waals surface area contributed by atoms with E-state index in [1.807, 2.05) is 66.7 Å². The molecule has 0 saturated heterocycles. The molecule has 0 amide bonds. The second-order valence-electron chi connectivity index (χ2n) is 7.31. The fraction of sp³-hybridized carbons (Fsp3) is 0.154. The van der Waals surface area contributed by atoms with Gasteiger partial charge in [0.25, 0.3) is 0 Å². The minimum atomic E-state index is -0.352. The van der Waals surface area contributed by atoms with E-state index in [1.165, 1.54) is 0 Å². The van der Waals surface area contributed by atoms with Crippen LogP contribution in [0.15, 0.2) is 84.0 Å². The lowest BCUT2D eigenvalue weighted by atomic mass is 9.78. The molecule has 0 radical (unpaired) electrons. The van der Waals surface area contributed by atoms with Crippen LogP contribution in [0.1, 0.15) is 11.1 Å². The number of benzene rings is 2. The van der Waals surface area contributed by atoms with Crippen molar-refractivity contribution in [1.29, 1.82) is 0 Å². The molecule has 4 atom stereocenters. The summed E-state index contributed by atoms with van der Waals surface area (Å²) in [5.74, 6) is 11.6. The van der Waals surface area contributed by atoms with Crippen LogP contribution in [-0.2, 0) is 9.59 Å². The number of allylic oxidation sites excluding steroid dienone is 4. The van der Waals surface area contributed by atoms with Crippen LogP contribution in [0.5, 0.6) is 0 Å². The van der Waals surface area contributed by atoms with E-state index in [4.69, 9.17) is 0 Å². The Labute approximate surface area is 164 Å². The van der Waals surface area contributed by atoms with Gasteiger partial charge in [0.1, 0.15) is 5.78 Å². The standard InChI is InChI=1S/C26H16O2/c27-22-16-20(14-12-18-9-5-2-6-10-18)23-24-19(15-21(25(22)23)26(24)28)13-11-17-7-3-1-4-8-17/h1-10,15-16,21,23-25H/t21-,23-,24+,25-/m0/s1. The smallest absolute Gasteiger partial charge is 0.161 e. The van der Waals surface area contributed by atoms with E-state index in [0.717, 1.165) is 22.3 Å². The Hall–Kier alpha value is -3.62. The molecule has 5 rings (SSSR count). The maximum absolute atomic E-state index is 12.8. The van der Waals surface area contributed by atoms with Crippen LogP contribution in [0.2, 0.25) is 0 Å². The summed E-state index contributed by atoms with van der Waals surface area (Å²) in [5.41, 5.74) is 3.42. The molecule has 0 aromatic heterocycles. The van der Waals surface area contributed by atoms with Crippen LogP contribution < -0.4 is 0 Å². The first-order valence-corrected chi connectivity index (χ1v) is 9.37. The van der Waals surface area contributed by atoms with Gasteiger partial charge in [0.2, 0.25) is 0 Å². The monoisotopic (exact) mass is 360 g/mol. The average Bonchev–Trinajstić information content (AvgIpc) is 3.33. The highest BCUT2D eigenvalue weighted by atomic mass is 16.1. The zero-order chi connectivity index (χ0) is 19.1. The van der Waals surface area contributed by atoms with Crippen LogP contribution >= 0.6 is 0 Å². The summed E-state index contributed by atoms with van der Waals surface area (Å²) in [6.45, 7) is 0. The summed E-state index contributed by atoms with van der Waals surface area (Å²) in [4.78, 5) is 25.4. The molecule has 2 nitrogen and oxygen atoms in total. The van der Waals surface area contributed by atoms with Gasteiger partial charge in [0.05, 0.1) is 5.92 Å². The van der Waals surface area contributed by atoms with E-state index >= 15 is 0 Å². The lowest BCUT2D eigenvalue weighted by molar-refractivity contribution is -0.124. The first-order valence-electron chi connectivity index (χ1n) is 9.37. The number of ketones is 2. The number of fused-ring (bicyclic) bond motifs is 5. The summed E-state index contributed by atoms with van der Waals surface area (Å²) < 4.78 is 0. The van der Waals surface area contributed by atoms with Gasteiger partial charge in [-0.15, -0.1) is 0 Å². The van der Waals surface area contributed by atoms with E-state index in [2.05, 4.69) is 23.7 Å². The fourth-order valence-corrected chi connectivity index (χ4v) is 4.46.